The molecule has 0 atom stereocenters. The van der Waals surface area contributed by atoms with Crippen LogP contribution in [0.1, 0.15) is 36.8 Å². The molecule has 0 radical (unpaired) electrons. The van der Waals surface area contributed by atoms with Gasteiger partial charge >= 0.3 is 0 Å². The standard InChI is InChI=1S/C28H39FN8/c1-20-5-7-22(8-6-20)17-37(23-9-10-23)27-25(29)26(34-19-35-27)33-18-28(24(32-4)15-31-3)11-13-36(14-12-28)16-21(2)30/h5-8,15,19,23,32H,2-3,9-14,16-18,30H2,1,4H3,(H,33,34,35)/b24-15-. The molecule has 0 bridgehead atoms. The van der Waals surface area contributed by atoms with E-state index < -0.39 is 5.82 Å². The smallest absolute Gasteiger partial charge is 0.207 e. The number of piperidine rings is 1. The summed E-state index contributed by atoms with van der Waals surface area (Å²) in [5, 5.41) is 6.62. The molecule has 0 amide bonds. The lowest BCUT2D eigenvalue weighted by Gasteiger charge is -2.43. The third-order valence-corrected chi connectivity index (χ3v) is 7.40. The zero-order chi connectivity index (χ0) is 26.4. The van der Waals surface area contributed by atoms with Crippen molar-refractivity contribution in [1.82, 2.24) is 20.2 Å². The van der Waals surface area contributed by atoms with Crippen LogP contribution in [0.4, 0.5) is 16.0 Å². The van der Waals surface area contributed by atoms with Gasteiger partial charge in [-0.3, -0.25) is 9.89 Å². The van der Waals surface area contributed by atoms with Crippen LogP contribution in [0.2, 0.25) is 0 Å². The first kappa shape index (κ1) is 26.6. The number of hydrogen-bond donors (Lipinski definition) is 3. The quantitative estimate of drug-likeness (QED) is 0.377. The number of nitrogens with one attached hydrogen (secondary N) is 2. The first-order valence-corrected chi connectivity index (χ1v) is 12.9. The Labute approximate surface area is 219 Å². The van der Waals surface area contributed by atoms with Gasteiger partial charge in [0.05, 0.1) is 0 Å². The Bertz CT molecular complexity index is 1120. The number of aromatic nitrogens is 2. The molecule has 1 saturated heterocycles. The van der Waals surface area contributed by atoms with Crippen molar-refractivity contribution in [2.24, 2.45) is 16.1 Å². The van der Waals surface area contributed by atoms with Crippen LogP contribution >= 0.6 is 0 Å². The van der Waals surface area contributed by atoms with E-state index in [2.05, 4.69) is 79.9 Å². The summed E-state index contributed by atoms with van der Waals surface area (Å²) in [6.07, 6.45) is 6.98. The summed E-state index contributed by atoms with van der Waals surface area (Å²) in [6, 6.07) is 8.66. The van der Waals surface area contributed by atoms with Gasteiger partial charge in [0.2, 0.25) is 5.82 Å². The normalized spacial score (nSPS) is 17.8. The number of nitrogens with two attached hydrogens (primary N) is 1. The van der Waals surface area contributed by atoms with Crippen molar-refractivity contribution < 1.29 is 4.39 Å². The van der Waals surface area contributed by atoms with Crippen molar-refractivity contribution in [2.75, 3.05) is 43.4 Å². The van der Waals surface area contributed by atoms with E-state index in [1.165, 1.54) is 11.9 Å². The predicted octanol–water partition coefficient (Wildman–Crippen LogP) is 3.82. The third kappa shape index (κ3) is 6.46. The number of nitrogens with zero attached hydrogens (tertiary/aromatic N) is 5. The van der Waals surface area contributed by atoms with Crippen molar-refractivity contribution in [3.63, 3.8) is 0 Å². The molecule has 2 heterocycles. The maximum atomic E-state index is 15.9. The fourth-order valence-electron chi connectivity index (χ4n) is 5.12. The average molecular weight is 507 g/mol. The van der Waals surface area contributed by atoms with Crippen LogP contribution in [0, 0.1) is 18.2 Å². The Hall–Kier alpha value is -3.46. The fourth-order valence-corrected chi connectivity index (χ4v) is 5.12. The van der Waals surface area contributed by atoms with Gasteiger partial charge in [-0.05, 0) is 58.0 Å². The fraction of sp³-hybridized carbons (Fsp3) is 0.464. The molecule has 2 aromatic rings. The molecule has 1 aromatic heterocycles. The molecule has 1 aliphatic heterocycles. The summed E-state index contributed by atoms with van der Waals surface area (Å²) in [7, 11) is 1.88. The number of aryl methyl sites for hydroxylation is 1. The molecular weight excluding hydrogens is 467 g/mol. The van der Waals surface area contributed by atoms with E-state index in [0.29, 0.717) is 37.2 Å². The molecule has 4 N–H and O–H groups in total. The van der Waals surface area contributed by atoms with Crippen LogP contribution < -0.4 is 21.3 Å². The number of hydrogen-bond acceptors (Lipinski definition) is 8. The zero-order valence-electron chi connectivity index (χ0n) is 22.0. The summed E-state index contributed by atoms with van der Waals surface area (Å²) in [5.41, 5.74) is 9.52. The number of benzene rings is 1. The van der Waals surface area contributed by atoms with Crippen LogP contribution in [0.15, 0.2) is 59.8 Å². The molecular formula is C28H39FN8. The van der Waals surface area contributed by atoms with E-state index >= 15 is 4.39 Å². The highest BCUT2D eigenvalue weighted by Crippen LogP contribution is 2.39. The monoisotopic (exact) mass is 506 g/mol. The van der Waals surface area contributed by atoms with Crippen LogP contribution in [0.25, 0.3) is 0 Å². The molecule has 2 fully saturated rings. The van der Waals surface area contributed by atoms with Gasteiger partial charge in [-0.15, -0.1) is 0 Å². The highest BCUT2D eigenvalue weighted by molar-refractivity contribution is 5.53. The molecule has 0 unspecified atom stereocenters. The number of rotatable bonds is 12. The molecule has 8 nitrogen and oxygen atoms in total. The first-order chi connectivity index (χ1) is 17.8. The molecule has 1 saturated carbocycles. The minimum atomic E-state index is -0.412. The lowest BCUT2D eigenvalue weighted by molar-refractivity contribution is 0.143. The summed E-state index contributed by atoms with van der Waals surface area (Å²) < 4.78 is 15.9. The third-order valence-electron chi connectivity index (χ3n) is 7.40. The Morgan fingerprint density at radius 2 is 1.97 bits per heavy atom. The summed E-state index contributed by atoms with van der Waals surface area (Å²) in [6.45, 7) is 13.0. The number of aliphatic imine (C=N–C) groups is 1. The lowest BCUT2D eigenvalue weighted by atomic mass is 9.75. The van der Waals surface area contributed by atoms with Crippen molar-refractivity contribution >= 4 is 18.4 Å². The second kappa shape index (κ2) is 11.7. The molecule has 1 aromatic carbocycles. The summed E-state index contributed by atoms with van der Waals surface area (Å²) >= 11 is 0. The molecule has 37 heavy (non-hydrogen) atoms. The van der Waals surface area contributed by atoms with E-state index in [9.17, 15) is 0 Å². The van der Waals surface area contributed by atoms with Gasteiger partial charge in [0, 0.05) is 55.7 Å². The van der Waals surface area contributed by atoms with Gasteiger partial charge in [-0.1, -0.05) is 36.4 Å². The first-order valence-electron chi connectivity index (χ1n) is 12.9. The van der Waals surface area contributed by atoms with E-state index in [0.717, 1.165) is 50.0 Å². The number of likely N-dealkylation sites (tertiary alicyclic amines) is 1. The maximum Gasteiger partial charge on any atom is 0.207 e. The number of anilines is 2. The second-order valence-corrected chi connectivity index (χ2v) is 10.2. The van der Waals surface area contributed by atoms with Crippen molar-refractivity contribution in [2.45, 2.75) is 45.2 Å². The van der Waals surface area contributed by atoms with Gasteiger partial charge < -0.3 is 21.3 Å². The van der Waals surface area contributed by atoms with Crippen LogP contribution in [-0.2, 0) is 6.54 Å². The minimum Gasteiger partial charge on any atom is -0.401 e. The van der Waals surface area contributed by atoms with Crippen LogP contribution in [0.3, 0.4) is 0 Å². The topological polar surface area (TPSA) is 94.7 Å². The van der Waals surface area contributed by atoms with Gasteiger partial charge in [0.25, 0.3) is 0 Å². The van der Waals surface area contributed by atoms with Crippen molar-refractivity contribution in [1.29, 1.82) is 0 Å². The maximum absolute atomic E-state index is 15.9. The molecule has 1 aliphatic carbocycles. The Morgan fingerprint density at radius 1 is 1.27 bits per heavy atom. The lowest BCUT2D eigenvalue weighted by Crippen LogP contribution is -2.47. The zero-order valence-corrected chi connectivity index (χ0v) is 22.0. The van der Waals surface area contributed by atoms with Crippen molar-refractivity contribution in [3.8, 4) is 0 Å². The van der Waals surface area contributed by atoms with Gasteiger partial charge in [-0.2, -0.15) is 4.39 Å². The molecule has 198 valence electrons. The van der Waals surface area contributed by atoms with E-state index in [1.807, 2.05) is 7.05 Å². The van der Waals surface area contributed by atoms with Gasteiger partial charge in [-0.25, -0.2) is 9.97 Å². The van der Waals surface area contributed by atoms with E-state index in [1.54, 1.807) is 6.20 Å². The summed E-state index contributed by atoms with van der Waals surface area (Å²) in [4.78, 5) is 17.0. The van der Waals surface area contributed by atoms with E-state index in [4.69, 9.17) is 5.73 Å². The summed E-state index contributed by atoms with van der Waals surface area (Å²) in [5.74, 6) is 0.159. The van der Waals surface area contributed by atoms with Crippen LogP contribution in [0.5, 0.6) is 0 Å². The second-order valence-electron chi connectivity index (χ2n) is 10.2. The highest BCUT2D eigenvalue weighted by atomic mass is 19.1. The minimum absolute atomic E-state index is 0.221. The van der Waals surface area contributed by atoms with E-state index in [-0.39, 0.29) is 11.2 Å². The molecule has 0 spiro atoms. The van der Waals surface area contributed by atoms with Crippen molar-refractivity contribution in [3.05, 3.63) is 71.7 Å². The molecule has 9 heteroatoms. The van der Waals surface area contributed by atoms with Crippen LogP contribution in [-0.4, -0.2) is 60.9 Å². The number of halogens is 1. The molecule has 4 rings (SSSR count). The largest absolute Gasteiger partial charge is 0.401 e. The SMILES string of the molecule is C=N/C=C(\NC)C1(CNc2ncnc(N(Cc3ccc(C)cc3)C3CC3)c2F)CCN(CC(=C)N)CC1. The van der Waals surface area contributed by atoms with Gasteiger partial charge in [0.15, 0.2) is 11.6 Å². The highest BCUT2D eigenvalue weighted by Gasteiger charge is 2.39. The average Bonchev–Trinajstić information content (AvgIpc) is 3.73. The van der Waals surface area contributed by atoms with Gasteiger partial charge in [0.1, 0.15) is 6.33 Å². The molecule has 2 aliphatic rings. The predicted molar refractivity (Wildman–Crippen MR) is 149 cm³/mol. The Morgan fingerprint density at radius 3 is 2.57 bits per heavy atom. The Balaban J connectivity index is 1.54. The Kier molecular flexibility index (Phi) is 8.43.